The van der Waals surface area contributed by atoms with Crippen LogP contribution in [0.1, 0.15) is 154 Å². The average Bonchev–Trinajstić information content (AvgIpc) is 3.67. The Morgan fingerprint density at radius 2 is 1.62 bits per heavy atom. The lowest BCUT2D eigenvalue weighted by Crippen LogP contribution is -2.50. The third kappa shape index (κ3) is 12.6. The molecule has 1 fully saturated rings. The smallest absolute Gasteiger partial charge is 0.327 e. The number of carboxylic acid groups (broad SMARTS) is 1. The third-order valence-electron chi connectivity index (χ3n) is 10.4. The van der Waals surface area contributed by atoms with Gasteiger partial charge >= 0.3 is 5.97 Å². The number of aliphatic carboxylic acids is 1. The molecule has 7 N–H and O–H groups in total. The quantitative estimate of drug-likeness (QED) is 0.0542. The fraction of sp³-hybridized carbons (Fsp3) is 0.641. The number of thiazole rings is 1. The first-order chi connectivity index (χ1) is 26.8. The molecule has 4 rings (SSSR count). The van der Waals surface area contributed by atoms with E-state index in [2.05, 4.69) is 45.8 Å². The Labute approximate surface area is 337 Å². The number of nitrogens with two attached hydrogens (primary N) is 1. The van der Waals surface area contributed by atoms with Gasteiger partial charge in [0.1, 0.15) is 22.8 Å². The number of fused-ring (bicyclic) bond motifs is 2. The van der Waals surface area contributed by atoms with Gasteiger partial charge < -0.3 is 36.7 Å². The van der Waals surface area contributed by atoms with E-state index in [0.717, 1.165) is 30.6 Å². The molecule has 2 aromatic heterocycles. The summed E-state index contributed by atoms with van der Waals surface area (Å²) in [6.07, 6.45) is 14.4. The standard InChI is InChI=1S/C39H57N7O8S2/c1-3-4-5-6-7-8-9-10-11-12-13-14-31(48)42-26(20-30(40)47)35(50)41-24(2)15-16-29-34-25(39(17-18-39)45-37(34)52)19-33(49)46(29)21-32-43-28(23-56-32)36(51)44-27(22-55)38(53)54/h19,23-24,26-27,55H,3-18,20-22H2,1-2H3,(H2,40,47)(H,41,50)(H,42,48)(H,44,51)(H,45,52)(H,53,54)/t24-,26+,27-/m0/s1. The summed E-state index contributed by atoms with van der Waals surface area (Å²) in [5.74, 6) is -3.98. The number of rotatable bonds is 26. The van der Waals surface area contributed by atoms with E-state index in [-0.39, 0.29) is 54.6 Å². The van der Waals surface area contributed by atoms with Crippen LogP contribution >= 0.6 is 24.0 Å². The number of pyridine rings is 1. The zero-order valence-electron chi connectivity index (χ0n) is 32.5. The SMILES string of the molecule is CCCCCCCCCCCCCC(=O)N[C@H](CC(N)=O)C(=O)N[C@@H](C)CCc1c2c(cc(=O)n1Cc1nc(C(=O)N[C@@H](CS)C(=O)O)cs1)C1(CC1)NC2=O. The molecule has 17 heteroatoms. The topological polar surface area (TPSA) is 232 Å². The molecular weight excluding hydrogens is 759 g/mol. The van der Waals surface area contributed by atoms with Gasteiger partial charge in [-0.3, -0.25) is 28.8 Å². The van der Waals surface area contributed by atoms with Crippen molar-refractivity contribution in [2.45, 2.75) is 153 Å². The van der Waals surface area contributed by atoms with E-state index in [0.29, 0.717) is 47.5 Å². The molecule has 3 heterocycles. The van der Waals surface area contributed by atoms with Gasteiger partial charge in [0, 0.05) is 35.4 Å². The predicted octanol–water partition coefficient (Wildman–Crippen LogP) is 3.70. The summed E-state index contributed by atoms with van der Waals surface area (Å²) in [6, 6.07) is -1.39. The molecule has 0 radical (unpaired) electrons. The van der Waals surface area contributed by atoms with Gasteiger partial charge in [0.25, 0.3) is 17.4 Å². The van der Waals surface area contributed by atoms with Crippen molar-refractivity contribution in [1.82, 2.24) is 30.8 Å². The summed E-state index contributed by atoms with van der Waals surface area (Å²) in [5.41, 5.74) is 5.99. The maximum Gasteiger partial charge on any atom is 0.327 e. The van der Waals surface area contributed by atoms with Gasteiger partial charge in [0.15, 0.2) is 0 Å². The monoisotopic (exact) mass is 815 g/mol. The summed E-state index contributed by atoms with van der Waals surface area (Å²) in [4.78, 5) is 93.3. The van der Waals surface area contributed by atoms with Crippen LogP contribution in [-0.4, -0.2) is 74.0 Å². The Balaban J connectivity index is 1.36. The van der Waals surface area contributed by atoms with Crippen molar-refractivity contribution in [3.05, 3.63) is 49.3 Å². The highest BCUT2D eigenvalue weighted by molar-refractivity contribution is 7.80. The van der Waals surface area contributed by atoms with E-state index in [1.54, 1.807) is 6.92 Å². The highest BCUT2D eigenvalue weighted by Crippen LogP contribution is 2.50. The fourth-order valence-corrected chi connectivity index (χ4v) is 8.07. The van der Waals surface area contributed by atoms with Crippen molar-refractivity contribution < 1.29 is 33.9 Å². The molecule has 1 aliphatic heterocycles. The van der Waals surface area contributed by atoms with E-state index in [1.807, 2.05) is 0 Å². The number of carboxylic acids is 1. The lowest BCUT2D eigenvalue weighted by Gasteiger charge is -2.22. The highest BCUT2D eigenvalue weighted by Gasteiger charge is 2.53. The number of unbranched alkanes of at least 4 members (excludes halogenated alkanes) is 10. The lowest BCUT2D eigenvalue weighted by molar-refractivity contribution is -0.138. The molecule has 0 aromatic carbocycles. The van der Waals surface area contributed by atoms with Crippen LogP contribution in [0.3, 0.4) is 0 Å². The van der Waals surface area contributed by atoms with E-state index >= 15 is 0 Å². The number of carbonyl (C=O) groups excluding carboxylic acids is 5. The highest BCUT2D eigenvalue weighted by atomic mass is 32.1. The molecule has 0 saturated heterocycles. The number of aromatic nitrogens is 2. The minimum Gasteiger partial charge on any atom is -0.480 e. The zero-order chi connectivity index (χ0) is 40.8. The second kappa shape index (κ2) is 21.3. The first-order valence-corrected chi connectivity index (χ1v) is 21.4. The molecule has 2 aromatic rings. The van der Waals surface area contributed by atoms with Crippen molar-refractivity contribution in [3.63, 3.8) is 0 Å². The van der Waals surface area contributed by atoms with Gasteiger partial charge in [-0.2, -0.15) is 12.6 Å². The molecule has 1 spiro atoms. The first-order valence-electron chi connectivity index (χ1n) is 19.8. The van der Waals surface area contributed by atoms with Crippen LogP contribution in [0.15, 0.2) is 16.2 Å². The van der Waals surface area contributed by atoms with Crippen molar-refractivity contribution in [2.75, 3.05) is 5.75 Å². The van der Waals surface area contributed by atoms with Crippen LogP contribution in [0.4, 0.5) is 0 Å². The van der Waals surface area contributed by atoms with Crippen LogP contribution < -0.4 is 32.6 Å². The van der Waals surface area contributed by atoms with Gasteiger partial charge in [0.05, 0.1) is 24.1 Å². The maximum atomic E-state index is 13.6. The number of primary amides is 1. The van der Waals surface area contributed by atoms with Crippen molar-refractivity contribution in [2.24, 2.45) is 5.73 Å². The average molecular weight is 816 g/mol. The summed E-state index contributed by atoms with van der Waals surface area (Å²) in [5, 5.41) is 22.0. The Hall–Kier alpha value is -4.25. The van der Waals surface area contributed by atoms with Crippen molar-refractivity contribution in [1.29, 1.82) is 0 Å². The molecule has 1 aliphatic carbocycles. The summed E-state index contributed by atoms with van der Waals surface area (Å²) in [7, 11) is 0. The molecule has 0 bridgehead atoms. The normalized spacial score (nSPS) is 15.4. The van der Waals surface area contributed by atoms with Gasteiger partial charge in [0.2, 0.25) is 17.7 Å². The van der Waals surface area contributed by atoms with Gasteiger partial charge in [-0.15, -0.1) is 11.3 Å². The van der Waals surface area contributed by atoms with Gasteiger partial charge in [-0.25, -0.2) is 9.78 Å². The lowest BCUT2D eigenvalue weighted by atomic mass is 9.98. The van der Waals surface area contributed by atoms with Crippen LogP contribution in [0.5, 0.6) is 0 Å². The molecule has 15 nitrogen and oxygen atoms in total. The second-order valence-corrected chi connectivity index (χ2v) is 16.3. The molecule has 308 valence electrons. The number of nitrogens with zero attached hydrogens (tertiary/aromatic N) is 2. The number of hydrogen-bond acceptors (Lipinski definition) is 10. The number of nitrogens with one attached hydrogen (secondary N) is 4. The zero-order valence-corrected chi connectivity index (χ0v) is 34.2. The van der Waals surface area contributed by atoms with Crippen LogP contribution in [-0.2, 0) is 37.7 Å². The molecule has 1 saturated carbocycles. The largest absolute Gasteiger partial charge is 0.480 e. The van der Waals surface area contributed by atoms with E-state index < -0.39 is 47.4 Å². The van der Waals surface area contributed by atoms with Crippen molar-refractivity contribution >= 4 is 59.5 Å². The van der Waals surface area contributed by atoms with E-state index in [1.165, 1.54) is 61.0 Å². The third-order valence-corrected chi connectivity index (χ3v) is 11.6. The Morgan fingerprint density at radius 3 is 2.21 bits per heavy atom. The Bertz CT molecular complexity index is 1790. The Morgan fingerprint density at radius 1 is 0.982 bits per heavy atom. The summed E-state index contributed by atoms with van der Waals surface area (Å²) < 4.78 is 1.44. The van der Waals surface area contributed by atoms with Crippen molar-refractivity contribution in [3.8, 4) is 0 Å². The molecule has 5 amide bonds. The van der Waals surface area contributed by atoms with Gasteiger partial charge in [-0.05, 0) is 44.6 Å². The predicted molar refractivity (Wildman–Crippen MR) is 216 cm³/mol. The minimum atomic E-state index is -1.24. The van der Waals surface area contributed by atoms with Crippen LogP contribution in [0, 0.1) is 0 Å². The summed E-state index contributed by atoms with van der Waals surface area (Å²) >= 11 is 5.08. The molecule has 3 atom stereocenters. The van der Waals surface area contributed by atoms with E-state index in [4.69, 9.17) is 5.73 Å². The number of carbonyl (C=O) groups is 6. The number of thiol groups is 1. The molecule has 0 unspecified atom stereocenters. The maximum absolute atomic E-state index is 13.6. The molecule has 56 heavy (non-hydrogen) atoms. The first kappa shape index (κ1) is 44.5. The Kier molecular flexibility index (Phi) is 16.9. The second-order valence-electron chi connectivity index (χ2n) is 15.0. The number of hydrogen-bond donors (Lipinski definition) is 7. The molecular formula is C39H57N7O8S2. The fourth-order valence-electron chi connectivity index (χ4n) is 7.06. The molecule has 2 aliphatic rings. The van der Waals surface area contributed by atoms with Crippen LogP contribution in [0.2, 0.25) is 0 Å². The number of amides is 5. The summed E-state index contributed by atoms with van der Waals surface area (Å²) in [6.45, 7) is 3.91. The van der Waals surface area contributed by atoms with Crippen LogP contribution in [0.25, 0.3) is 0 Å². The van der Waals surface area contributed by atoms with E-state index in [9.17, 15) is 38.7 Å². The minimum absolute atomic E-state index is 0.0174. The van der Waals surface area contributed by atoms with Gasteiger partial charge in [-0.1, -0.05) is 71.1 Å².